The number of nitrogen functional groups attached to an aromatic ring is 1. The summed E-state index contributed by atoms with van der Waals surface area (Å²) in [6, 6.07) is 19.7. The number of ether oxygens (including phenoxy) is 1. The predicted molar refractivity (Wildman–Crippen MR) is 133 cm³/mol. The molecule has 33 heavy (non-hydrogen) atoms. The number of anilines is 1. The van der Waals surface area contributed by atoms with Crippen molar-refractivity contribution in [3.8, 4) is 28.1 Å². The number of hydrogen-bond donors (Lipinski definition) is 5. The maximum Gasteiger partial charge on any atom is 0.224 e. The number of nitrogens with one attached hydrogen (secondary N) is 2. The fourth-order valence-electron chi connectivity index (χ4n) is 3.21. The van der Waals surface area contributed by atoms with Crippen LogP contribution in [0.1, 0.15) is 11.3 Å². The molecule has 0 unspecified atom stereocenters. The summed E-state index contributed by atoms with van der Waals surface area (Å²) < 4.78 is 5.19. The summed E-state index contributed by atoms with van der Waals surface area (Å²) in [5.41, 5.74) is 11.2. The zero-order valence-electron chi connectivity index (χ0n) is 18.2. The van der Waals surface area contributed by atoms with Crippen LogP contribution in [0.4, 0.5) is 5.95 Å². The molecule has 0 saturated heterocycles. The minimum absolute atomic E-state index is 0.0515. The van der Waals surface area contributed by atoms with Crippen LogP contribution in [0, 0.1) is 0 Å². The molecule has 8 nitrogen and oxygen atoms in total. The first-order valence-corrected chi connectivity index (χ1v) is 10.6. The van der Waals surface area contributed by atoms with Gasteiger partial charge in [0.05, 0.1) is 37.7 Å². The summed E-state index contributed by atoms with van der Waals surface area (Å²) in [5.74, 6) is 1.14. The van der Waals surface area contributed by atoms with Gasteiger partial charge in [-0.05, 0) is 41.0 Å². The van der Waals surface area contributed by atoms with Gasteiger partial charge >= 0.3 is 0 Å². The maximum absolute atomic E-state index is 12.3. The number of carbonyl (C=O) groups is 1. The van der Waals surface area contributed by atoms with E-state index < -0.39 is 0 Å². The number of nitrogens with zero attached hydrogens (tertiary/aromatic N) is 2. The van der Waals surface area contributed by atoms with Crippen LogP contribution in [0.5, 0.6) is 5.75 Å². The van der Waals surface area contributed by atoms with Crippen LogP contribution in [-0.2, 0) is 17.8 Å². The lowest BCUT2D eigenvalue weighted by Crippen LogP contribution is -2.24. The Kier molecular flexibility index (Phi) is 8.45. The summed E-state index contributed by atoms with van der Waals surface area (Å²) in [6.45, 7) is 0.369. The van der Waals surface area contributed by atoms with E-state index in [1.807, 2.05) is 60.7 Å². The Balaban J connectivity index is 0.00000149. The molecule has 6 N–H and O–H groups in total. The topological polar surface area (TPSA) is 132 Å². The second kappa shape index (κ2) is 11.7. The number of amides is 1. The van der Waals surface area contributed by atoms with E-state index in [1.54, 1.807) is 19.5 Å². The summed E-state index contributed by atoms with van der Waals surface area (Å²) in [7, 11) is 1.65. The highest BCUT2D eigenvalue weighted by Gasteiger charge is 2.06. The standard InChI is InChI=1S/C24H23N5O2.H3NS/c1-31-21-10-7-18(8-11-21)17-4-2-16(3-5-17)12-23(30)27-14-20-9-6-19(13-26-20)22-15-28-24(25)29-22;1-2/h2-11,13,15H,12,14H2,1H3,(H,27,30)(H3,25,28,29);2H,1H2. The molecule has 0 radical (unpaired) electrons. The molecule has 2 heterocycles. The van der Waals surface area contributed by atoms with E-state index in [9.17, 15) is 4.79 Å². The molecule has 0 fully saturated rings. The molecule has 0 saturated carbocycles. The van der Waals surface area contributed by atoms with Crippen molar-refractivity contribution >= 4 is 24.7 Å². The number of aromatic nitrogens is 3. The van der Waals surface area contributed by atoms with E-state index in [0.29, 0.717) is 18.9 Å². The molecule has 9 heteroatoms. The molecule has 0 aliphatic rings. The monoisotopic (exact) mass is 462 g/mol. The molecule has 0 atom stereocenters. The van der Waals surface area contributed by atoms with Crippen LogP contribution in [0.25, 0.3) is 22.4 Å². The van der Waals surface area contributed by atoms with Crippen LogP contribution in [0.2, 0.25) is 0 Å². The summed E-state index contributed by atoms with van der Waals surface area (Å²) >= 11 is 3.03. The Morgan fingerprint density at radius 2 is 1.58 bits per heavy atom. The van der Waals surface area contributed by atoms with Gasteiger partial charge in [0.15, 0.2) is 5.95 Å². The van der Waals surface area contributed by atoms with E-state index in [2.05, 4.69) is 38.2 Å². The molecule has 2 aromatic carbocycles. The lowest BCUT2D eigenvalue weighted by molar-refractivity contribution is -0.120. The third kappa shape index (κ3) is 6.58. The van der Waals surface area contributed by atoms with E-state index in [0.717, 1.165) is 39.4 Å². The fourth-order valence-corrected chi connectivity index (χ4v) is 3.21. The van der Waals surface area contributed by atoms with Gasteiger partial charge in [0.2, 0.25) is 5.91 Å². The first kappa shape index (κ1) is 23.8. The van der Waals surface area contributed by atoms with Crippen LogP contribution in [0.3, 0.4) is 0 Å². The number of aromatic amines is 1. The minimum atomic E-state index is -0.0515. The first-order valence-electron chi connectivity index (χ1n) is 10.1. The van der Waals surface area contributed by atoms with Gasteiger partial charge in [-0.3, -0.25) is 14.9 Å². The SMILES string of the molecule is COc1ccc(-c2ccc(CC(=O)NCc3ccc(-c4cnc(N)[nH]4)cn3)cc2)cc1.NS. The van der Waals surface area contributed by atoms with Crippen LogP contribution in [-0.4, -0.2) is 28.0 Å². The maximum atomic E-state index is 12.3. The van der Waals surface area contributed by atoms with Crippen molar-refractivity contribution < 1.29 is 9.53 Å². The van der Waals surface area contributed by atoms with Crippen molar-refractivity contribution in [2.75, 3.05) is 12.8 Å². The van der Waals surface area contributed by atoms with E-state index in [-0.39, 0.29) is 5.91 Å². The first-order chi connectivity index (χ1) is 16.1. The minimum Gasteiger partial charge on any atom is -0.497 e. The molecular weight excluding hydrogens is 436 g/mol. The smallest absolute Gasteiger partial charge is 0.224 e. The second-order valence-electron chi connectivity index (χ2n) is 7.10. The van der Waals surface area contributed by atoms with E-state index >= 15 is 0 Å². The van der Waals surface area contributed by atoms with Crippen LogP contribution in [0.15, 0.2) is 73.1 Å². The van der Waals surface area contributed by atoms with Crippen molar-refractivity contribution in [2.24, 2.45) is 5.14 Å². The highest BCUT2D eigenvalue weighted by Crippen LogP contribution is 2.23. The van der Waals surface area contributed by atoms with E-state index in [1.165, 1.54) is 0 Å². The molecule has 1 amide bonds. The molecule has 4 rings (SSSR count). The van der Waals surface area contributed by atoms with Crippen LogP contribution < -0.4 is 20.9 Å². The molecule has 0 spiro atoms. The molecule has 0 aliphatic heterocycles. The lowest BCUT2D eigenvalue weighted by atomic mass is 10.0. The van der Waals surface area contributed by atoms with Gasteiger partial charge < -0.3 is 20.8 Å². The van der Waals surface area contributed by atoms with Gasteiger partial charge in [-0.2, -0.15) is 0 Å². The Hall–Kier alpha value is -3.82. The van der Waals surface area contributed by atoms with Crippen molar-refractivity contribution in [1.29, 1.82) is 0 Å². The largest absolute Gasteiger partial charge is 0.497 e. The third-order valence-corrected chi connectivity index (χ3v) is 4.94. The molecule has 0 bridgehead atoms. The number of rotatable bonds is 7. The van der Waals surface area contributed by atoms with Gasteiger partial charge in [0.1, 0.15) is 5.75 Å². The van der Waals surface area contributed by atoms with Gasteiger partial charge in [-0.15, -0.1) is 12.8 Å². The van der Waals surface area contributed by atoms with Crippen LogP contribution >= 0.6 is 12.8 Å². The zero-order valence-corrected chi connectivity index (χ0v) is 19.0. The average molecular weight is 463 g/mol. The number of nitrogens with two attached hydrogens (primary N) is 2. The Bertz CT molecular complexity index is 1160. The van der Waals surface area contributed by atoms with Crippen molar-refractivity contribution in [2.45, 2.75) is 13.0 Å². The normalized spacial score (nSPS) is 10.2. The van der Waals surface area contributed by atoms with Crippen molar-refractivity contribution in [3.05, 3.63) is 84.3 Å². The lowest BCUT2D eigenvalue weighted by Gasteiger charge is -2.07. The van der Waals surface area contributed by atoms with Crippen molar-refractivity contribution in [1.82, 2.24) is 20.3 Å². The Morgan fingerprint density at radius 3 is 2.12 bits per heavy atom. The predicted octanol–water partition coefficient (Wildman–Crippen LogP) is 3.38. The summed E-state index contributed by atoms with van der Waals surface area (Å²) in [4.78, 5) is 23.6. The summed E-state index contributed by atoms with van der Waals surface area (Å²) in [6.07, 6.45) is 3.70. The molecule has 2 aromatic heterocycles. The Morgan fingerprint density at radius 1 is 0.939 bits per heavy atom. The fraction of sp³-hybridized carbons (Fsp3) is 0.125. The average Bonchev–Trinajstić information content (AvgIpc) is 3.31. The quantitative estimate of drug-likeness (QED) is 0.268. The number of carbonyl (C=O) groups excluding carboxylic acids is 1. The van der Waals surface area contributed by atoms with Gasteiger partial charge in [0, 0.05) is 11.8 Å². The Labute approximate surface area is 198 Å². The van der Waals surface area contributed by atoms with Gasteiger partial charge in [-0.1, -0.05) is 36.4 Å². The molecule has 0 aliphatic carbocycles. The number of benzene rings is 2. The number of methoxy groups -OCH3 is 1. The molecular formula is C24H26N6O2S. The third-order valence-electron chi connectivity index (χ3n) is 4.94. The van der Waals surface area contributed by atoms with Gasteiger partial charge in [0.25, 0.3) is 0 Å². The molecule has 4 aromatic rings. The number of hydrogen-bond acceptors (Lipinski definition) is 7. The highest BCUT2D eigenvalue weighted by molar-refractivity contribution is 7.77. The highest BCUT2D eigenvalue weighted by atomic mass is 32.1. The van der Waals surface area contributed by atoms with Gasteiger partial charge in [-0.25, -0.2) is 4.98 Å². The zero-order chi connectivity index (χ0) is 23.6. The molecule has 170 valence electrons. The van der Waals surface area contributed by atoms with E-state index in [4.69, 9.17) is 10.5 Å². The number of pyridine rings is 1. The second-order valence-corrected chi connectivity index (χ2v) is 7.10. The summed E-state index contributed by atoms with van der Waals surface area (Å²) in [5, 5.41) is 7.11. The number of thiol groups is 1. The van der Waals surface area contributed by atoms with Crippen molar-refractivity contribution in [3.63, 3.8) is 0 Å². The number of imidazole rings is 1. The number of H-pyrrole nitrogens is 1.